The molecule has 1 aromatic rings. The van der Waals surface area contributed by atoms with Crippen molar-refractivity contribution in [3.8, 4) is 0 Å². The van der Waals surface area contributed by atoms with Gasteiger partial charge in [-0.05, 0) is 17.6 Å². The molecule has 0 heterocycles. The molecule has 0 bridgehead atoms. The number of ether oxygens (including phenoxy) is 2. The molecule has 1 rings (SSSR count). The number of rotatable bonds is 9. The molecule has 19 heavy (non-hydrogen) atoms. The van der Waals surface area contributed by atoms with Gasteiger partial charge in [0.05, 0.1) is 25.9 Å². The largest absolute Gasteiger partial charge is 0.390 e. The van der Waals surface area contributed by atoms with Crippen molar-refractivity contribution in [2.45, 2.75) is 19.1 Å². The standard InChI is InChI=1S/C16H22O3/c1-14(11-18-2)7-6-10-16(17)13-19-12-15-8-4-3-5-9-15/h3-9,16-17H,1,10-13H2,2H3/b7-6+. The summed E-state index contributed by atoms with van der Waals surface area (Å²) in [6, 6.07) is 9.91. The molecule has 0 aromatic heterocycles. The molecule has 3 nitrogen and oxygen atoms in total. The zero-order valence-electron chi connectivity index (χ0n) is 11.4. The van der Waals surface area contributed by atoms with E-state index in [2.05, 4.69) is 6.58 Å². The average molecular weight is 262 g/mol. The molecule has 0 saturated carbocycles. The molecule has 1 unspecified atom stereocenters. The van der Waals surface area contributed by atoms with Gasteiger partial charge in [0.1, 0.15) is 0 Å². The molecule has 0 aliphatic rings. The summed E-state index contributed by atoms with van der Waals surface area (Å²) in [5.74, 6) is 0. The summed E-state index contributed by atoms with van der Waals surface area (Å²) in [6.07, 6.45) is 3.81. The topological polar surface area (TPSA) is 38.7 Å². The Hall–Kier alpha value is -1.42. The fourth-order valence-corrected chi connectivity index (χ4v) is 1.58. The Labute approximate surface area is 115 Å². The van der Waals surface area contributed by atoms with E-state index in [4.69, 9.17) is 9.47 Å². The number of hydrogen-bond donors (Lipinski definition) is 1. The molecule has 0 saturated heterocycles. The Morgan fingerprint density at radius 2 is 2.11 bits per heavy atom. The van der Waals surface area contributed by atoms with Gasteiger partial charge in [0, 0.05) is 7.11 Å². The van der Waals surface area contributed by atoms with Gasteiger partial charge in [0.25, 0.3) is 0 Å². The number of aliphatic hydroxyl groups is 1. The van der Waals surface area contributed by atoms with E-state index >= 15 is 0 Å². The lowest BCUT2D eigenvalue weighted by Crippen LogP contribution is -2.14. The second-order valence-corrected chi connectivity index (χ2v) is 4.38. The van der Waals surface area contributed by atoms with Crippen LogP contribution in [0.2, 0.25) is 0 Å². The summed E-state index contributed by atoms with van der Waals surface area (Å²) >= 11 is 0. The van der Waals surface area contributed by atoms with Crippen LogP contribution in [0.15, 0.2) is 54.6 Å². The van der Waals surface area contributed by atoms with Crippen LogP contribution < -0.4 is 0 Å². The highest BCUT2D eigenvalue weighted by molar-refractivity contribution is 5.15. The third kappa shape index (κ3) is 7.57. The smallest absolute Gasteiger partial charge is 0.0808 e. The van der Waals surface area contributed by atoms with Crippen molar-refractivity contribution in [1.82, 2.24) is 0 Å². The van der Waals surface area contributed by atoms with Crippen LogP contribution in [0.3, 0.4) is 0 Å². The van der Waals surface area contributed by atoms with Gasteiger partial charge >= 0.3 is 0 Å². The van der Waals surface area contributed by atoms with Crippen molar-refractivity contribution >= 4 is 0 Å². The third-order valence-electron chi connectivity index (χ3n) is 2.51. The lowest BCUT2D eigenvalue weighted by Gasteiger charge is -2.09. The lowest BCUT2D eigenvalue weighted by molar-refractivity contribution is 0.0301. The second-order valence-electron chi connectivity index (χ2n) is 4.38. The predicted octanol–water partition coefficient (Wildman–Crippen LogP) is 2.71. The summed E-state index contributed by atoms with van der Waals surface area (Å²) in [4.78, 5) is 0. The Balaban J connectivity index is 2.14. The molecule has 0 aliphatic heterocycles. The van der Waals surface area contributed by atoms with Gasteiger partial charge in [-0.25, -0.2) is 0 Å². The minimum absolute atomic E-state index is 0.329. The van der Waals surface area contributed by atoms with Gasteiger partial charge in [0.2, 0.25) is 0 Å². The molecule has 0 spiro atoms. The molecule has 3 heteroatoms. The summed E-state index contributed by atoms with van der Waals surface area (Å²) in [6.45, 7) is 5.18. The van der Waals surface area contributed by atoms with E-state index in [9.17, 15) is 5.11 Å². The van der Waals surface area contributed by atoms with Crippen molar-refractivity contribution < 1.29 is 14.6 Å². The van der Waals surface area contributed by atoms with Crippen LogP contribution >= 0.6 is 0 Å². The van der Waals surface area contributed by atoms with E-state index in [-0.39, 0.29) is 0 Å². The van der Waals surface area contributed by atoms with E-state index < -0.39 is 6.10 Å². The molecule has 0 fully saturated rings. The quantitative estimate of drug-likeness (QED) is 0.695. The highest BCUT2D eigenvalue weighted by Gasteiger charge is 2.02. The first kappa shape index (κ1) is 15.6. The van der Waals surface area contributed by atoms with Gasteiger partial charge in [-0.2, -0.15) is 0 Å². The maximum Gasteiger partial charge on any atom is 0.0808 e. The highest BCUT2D eigenvalue weighted by atomic mass is 16.5. The number of aliphatic hydroxyl groups excluding tert-OH is 1. The molecular formula is C16H22O3. The summed E-state index contributed by atoms with van der Waals surface area (Å²) in [7, 11) is 1.63. The van der Waals surface area contributed by atoms with Gasteiger partial charge in [0.15, 0.2) is 0 Å². The first-order valence-corrected chi connectivity index (χ1v) is 6.35. The van der Waals surface area contributed by atoms with Gasteiger partial charge in [-0.3, -0.25) is 0 Å². The molecule has 0 radical (unpaired) electrons. The van der Waals surface area contributed by atoms with Crippen molar-refractivity contribution in [1.29, 1.82) is 0 Å². The van der Waals surface area contributed by atoms with Crippen LogP contribution in [0.25, 0.3) is 0 Å². The van der Waals surface area contributed by atoms with Crippen LogP contribution in [0.1, 0.15) is 12.0 Å². The summed E-state index contributed by atoms with van der Waals surface area (Å²) < 4.78 is 10.4. The highest BCUT2D eigenvalue weighted by Crippen LogP contribution is 2.03. The maximum atomic E-state index is 9.73. The Morgan fingerprint density at radius 1 is 1.37 bits per heavy atom. The van der Waals surface area contributed by atoms with Crippen molar-refractivity contribution in [2.24, 2.45) is 0 Å². The second kappa shape index (κ2) is 9.50. The lowest BCUT2D eigenvalue weighted by atomic mass is 10.2. The van der Waals surface area contributed by atoms with Crippen LogP contribution in [0.5, 0.6) is 0 Å². The van der Waals surface area contributed by atoms with Crippen molar-refractivity contribution in [3.63, 3.8) is 0 Å². The average Bonchev–Trinajstić information content (AvgIpc) is 2.40. The van der Waals surface area contributed by atoms with E-state index in [0.717, 1.165) is 11.1 Å². The maximum absolute atomic E-state index is 9.73. The van der Waals surface area contributed by atoms with Gasteiger partial charge in [-0.1, -0.05) is 49.1 Å². The van der Waals surface area contributed by atoms with Gasteiger partial charge < -0.3 is 14.6 Å². The molecule has 1 N–H and O–H groups in total. The molecule has 104 valence electrons. The minimum atomic E-state index is -0.490. The molecular weight excluding hydrogens is 240 g/mol. The van der Waals surface area contributed by atoms with Crippen LogP contribution in [0.4, 0.5) is 0 Å². The van der Waals surface area contributed by atoms with Crippen LogP contribution in [-0.4, -0.2) is 31.5 Å². The van der Waals surface area contributed by atoms with Crippen molar-refractivity contribution in [3.05, 3.63) is 60.2 Å². The zero-order valence-corrected chi connectivity index (χ0v) is 11.4. The SMILES string of the molecule is C=C(/C=C/CC(O)COCc1ccccc1)COC. The fraction of sp³-hybridized carbons (Fsp3) is 0.375. The first-order valence-electron chi connectivity index (χ1n) is 6.35. The normalized spacial score (nSPS) is 12.7. The third-order valence-corrected chi connectivity index (χ3v) is 2.51. The summed E-state index contributed by atoms with van der Waals surface area (Å²) in [5, 5.41) is 9.73. The zero-order chi connectivity index (χ0) is 13.9. The number of benzene rings is 1. The first-order chi connectivity index (χ1) is 9.22. The molecule has 1 atom stereocenters. The van der Waals surface area contributed by atoms with Gasteiger partial charge in [-0.15, -0.1) is 0 Å². The van der Waals surface area contributed by atoms with Crippen molar-refractivity contribution in [2.75, 3.05) is 20.3 Å². The molecule has 1 aromatic carbocycles. The minimum Gasteiger partial charge on any atom is -0.390 e. The van der Waals surface area contributed by atoms with E-state index in [1.165, 1.54) is 0 Å². The van der Waals surface area contributed by atoms with E-state index in [1.54, 1.807) is 7.11 Å². The Bertz CT molecular complexity index is 384. The molecule has 0 amide bonds. The predicted molar refractivity (Wildman–Crippen MR) is 76.9 cm³/mol. The number of methoxy groups -OCH3 is 1. The number of hydrogen-bond acceptors (Lipinski definition) is 3. The van der Waals surface area contributed by atoms with Crippen LogP contribution in [-0.2, 0) is 16.1 Å². The Kier molecular flexibility index (Phi) is 7.82. The van der Waals surface area contributed by atoms with E-state index in [1.807, 2.05) is 42.5 Å². The monoisotopic (exact) mass is 262 g/mol. The van der Waals surface area contributed by atoms with E-state index in [0.29, 0.717) is 26.2 Å². The fourth-order valence-electron chi connectivity index (χ4n) is 1.58. The molecule has 0 aliphatic carbocycles. The summed E-state index contributed by atoms with van der Waals surface area (Å²) in [5.41, 5.74) is 2.00. The van der Waals surface area contributed by atoms with Crippen LogP contribution in [0, 0.1) is 0 Å². The Morgan fingerprint density at radius 3 is 2.79 bits per heavy atom.